The van der Waals surface area contributed by atoms with Crippen LogP contribution in [0.2, 0.25) is 0 Å². The van der Waals surface area contributed by atoms with Crippen molar-refractivity contribution in [2.75, 3.05) is 31.5 Å². The Labute approximate surface area is 136 Å². The second-order valence-electron chi connectivity index (χ2n) is 6.29. The highest BCUT2D eigenvalue weighted by molar-refractivity contribution is 7.15. The highest BCUT2D eigenvalue weighted by atomic mass is 32.1. The van der Waals surface area contributed by atoms with Crippen LogP contribution in [0.4, 0.5) is 5.13 Å². The number of thiazole rings is 1. The molecule has 0 bridgehead atoms. The number of piperidine rings is 1. The van der Waals surface area contributed by atoms with Crippen LogP contribution in [0.3, 0.4) is 0 Å². The van der Waals surface area contributed by atoms with Crippen molar-refractivity contribution in [3.63, 3.8) is 0 Å². The summed E-state index contributed by atoms with van der Waals surface area (Å²) in [5, 5.41) is 7.16. The van der Waals surface area contributed by atoms with E-state index >= 15 is 0 Å². The lowest BCUT2D eigenvalue weighted by atomic mass is 9.93. The summed E-state index contributed by atoms with van der Waals surface area (Å²) in [4.78, 5) is 20.5. The van der Waals surface area contributed by atoms with Crippen LogP contribution in [0.15, 0.2) is 0 Å². The highest BCUT2D eigenvalue weighted by Gasteiger charge is 2.20. The van der Waals surface area contributed by atoms with Crippen molar-refractivity contribution in [1.82, 2.24) is 15.2 Å². The number of hydrogen-bond acceptors (Lipinski definition) is 5. The Bertz CT molecular complexity index is 510. The van der Waals surface area contributed by atoms with Crippen LogP contribution in [0.5, 0.6) is 0 Å². The molecule has 0 spiro atoms. The average molecular weight is 322 g/mol. The van der Waals surface area contributed by atoms with Crippen molar-refractivity contribution >= 4 is 22.4 Å². The van der Waals surface area contributed by atoms with Crippen LogP contribution < -0.4 is 10.6 Å². The maximum absolute atomic E-state index is 12.1. The molecule has 1 aromatic rings. The second kappa shape index (κ2) is 7.53. The molecule has 0 radical (unpaired) electrons. The monoisotopic (exact) mass is 322 g/mol. The molecule has 1 aromatic heterocycles. The predicted octanol–water partition coefficient (Wildman–Crippen LogP) is 2.24. The topological polar surface area (TPSA) is 57.3 Å². The van der Waals surface area contributed by atoms with E-state index in [2.05, 4.69) is 27.4 Å². The molecule has 3 heterocycles. The van der Waals surface area contributed by atoms with Gasteiger partial charge in [-0.15, -0.1) is 11.3 Å². The summed E-state index contributed by atoms with van der Waals surface area (Å²) in [7, 11) is 0. The first kappa shape index (κ1) is 15.9. The lowest BCUT2D eigenvalue weighted by molar-refractivity contribution is -0.116. The van der Waals surface area contributed by atoms with Crippen molar-refractivity contribution in [2.24, 2.45) is 5.92 Å². The van der Waals surface area contributed by atoms with E-state index < -0.39 is 0 Å². The van der Waals surface area contributed by atoms with Gasteiger partial charge in [-0.1, -0.05) is 6.92 Å². The van der Waals surface area contributed by atoms with Gasteiger partial charge in [-0.25, -0.2) is 4.98 Å². The summed E-state index contributed by atoms with van der Waals surface area (Å²) in [6.07, 6.45) is 5.03. The lowest BCUT2D eigenvalue weighted by Gasteiger charge is -2.23. The van der Waals surface area contributed by atoms with Crippen molar-refractivity contribution < 1.29 is 4.79 Å². The number of aromatic nitrogens is 1. The van der Waals surface area contributed by atoms with Crippen molar-refractivity contribution in [3.8, 4) is 0 Å². The van der Waals surface area contributed by atoms with Gasteiger partial charge in [0.25, 0.3) is 0 Å². The van der Waals surface area contributed by atoms with Gasteiger partial charge in [-0.05, 0) is 44.8 Å². The first-order chi connectivity index (χ1) is 10.7. The van der Waals surface area contributed by atoms with E-state index in [4.69, 9.17) is 0 Å². The third-order valence-corrected chi connectivity index (χ3v) is 5.74. The molecule has 122 valence electrons. The number of nitrogens with zero attached hydrogens (tertiary/aromatic N) is 2. The number of carbonyl (C=O) groups is 1. The van der Waals surface area contributed by atoms with Gasteiger partial charge in [0.2, 0.25) is 5.91 Å². The maximum Gasteiger partial charge on any atom is 0.226 e. The second-order valence-corrected chi connectivity index (χ2v) is 7.37. The van der Waals surface area contributed by atoms with Crippen LogP contribution >= 0.6 is 11.3 Å². The van der Waals surface area contributed by atoms with Gasteiger partial charge >= 0.3 is 0 Å². The van der Waals surface area contributed by atoms with Gasteiger partial charge < -0.3 is 10.6 Å². The normalized spacial score (nSPS) is 19.9. The molecule has 1 amide bonds. The van der Waals surface area contributed by atoms with E-state index in [1.165, 1.54) is 23.4 Å². The zero-order valence-corrected chi connectivity index (χ0v) is 14.2. The van der Waals surface area contributed by atoms with E-state index in [1.807, 2.05) is 0 Å². The Kier molecular flexibility index (Phi) is 5.44. The number of nitrogens with one attached hydrogen (secondary N) is 2. The molecular weight excluding hydrogens is 296 g/mol. The van der Waals surface area contributed by atoms with Crippen LogP contribution in [-0.4, -0.2) is 42.0 Å². The largest absolute Gasteiger partial charge is 0.317 e. The number of hydrogen-bond donors (Lipinski definition) is 2. The third kappa shape index (κ3) is 4.06. The minimum Gasteiger partial charge on any atom is -0.317 e. The summed E-state index contributed by atoms with van der Waals surface area (Å²) in [5.74, 6) is 0.826. The fraction of sp³-hybridized carbons (Fsp3) is 0.750. The van der Waals surface area contributed by atoms with Crippen LogP contribution in [0.25, 0.3) is 0 Å². The van der Waals surface area contributed by atoms with E-state index in [0.29, 0.717) is 12.3 Å². The zero-order chi connectivity index (χ0) is 15.4. The Morgan fingerprint density at radius 3 is 3.05 bits per heavy atom. The molecule has 0 atom stereocenters. The molecule has 22 heavy (non-hydrogen) atoms. The van der Waals surface area contributed by atoms with Gasteiger partial charge in [0.15, 0.2) is 5.13 Å². The number of likely N-dealkylation sites (N-methyl/N-ethyl adjacent to an activating group) is 1. The molecular formula is C16H26N4OS. The fourth-order valence-electron chi connectivity index (χ4n) is 3.26. The average Bonchev–Trinajstić information content (AvgIpc) is 2.95. The van der Waals surface area contributed by atoms with E-state index in [0.717, 1.165) is 50.7 Å². The van der Waals surface area contributed by atoms with Crippen molar-refractivity contribution in [1.29, 1.82) is 0 Å². The van der Waals surface area contributed by atoms with E-state index in [1.54, 1.807) is 11.3 Å². The molecule has 2 aliphatic heterocycles. The molecule has 2 N–H and O–H groups in total. The molecule has 0 aromatic carbocycles. The first-order valence-electron chi connectivity index (χ1n) is 8.46. The quantitative estimate of drug-likeness (QED) is 0.873. The predicted molar refractivity (Wildman–Crippen MR) is 90.2 cm³/mol. The third-order valence-electron chi connectivity index (χ3n) is 4.74. The maximum atomic E-state index is 12.1. The van der Waals surface area contributed by atoms with Crippen LogP contribution in [-0.2, 0) is 17.8 Å². The highest BCUT2D eigenvalue weighted by Crippen LogP contribution is 2.28. The van der Waals surface area contributed by atoms with Gasteiger partial charge in [-0.3, -0.25) is 9.69 Å². The molecule has 6 heteroatoms. The smallest absolute Gasteiger partial charge is 0.226 e. The Morgan fingerprint density at radius 1 is 1.45 bits per heavy atom. The van der Waals surface area contributed by atoms with E-state index in [9.17, 15) is 4.79 Å². The summed E-state index contributed by atoms with van der Waals surface area (Å²) in [6.45, 7) is 7.52. The fourth-order valence-corrected chi connectivity index (χ4v) is 4.33. The van der Waals surface area contributed by atoms with Crippen molar-refractivity contribution in [3.05, 3.63) is 10.6 Å². The molecule has 0 unspecified atom stereocenters. The Hall–Kier alpha value is -0.980. The van der Waals surface area contributed by atoms with Crippen molar-refractivity contribution in [2.45, 2.75) is 45.6 Å². The molecule has 3 rings (SSSR count). The van der Waals surface area contributed by atoms with Gasteiger partial charge in [0.05, 0.1) is 5.69 Å². The molecule has 1 fully saturated rings. The molecule has 2 aliphatic rings. The summed E-state index contributed by atoms with van der Waals surface area (Å²) < 4.78 is 0. The molecule has 0 saturated carbocycles. The number of anilines is 1. The van der Waals surface area contributed by atoms with Crippen LogP contribution in [0.1, 0.15) is 43.2 Å². The minimum atomic E-state index is 0.122. The SMILES string of the molecule is CCN1CCc2nc(NC(=O)CCC3CCNCC3)sc2C1. The summed E-state index contributed by atoms with van der Waals surface area (Å²) >= 11 is 1.65. The molecule has 1 saturated heterocycles. The first-order valence-corrected chi connectivity index (χ1v) is 9.27. The number of fused-ring (bicyclic) bond motifs is 1. The lowest BCUT2D eigenvalue weighted by Crippen LogP contribution is -2.29. The summed E-state index contributed by atoms with van der Waals surface area (Å²) in [6, 6.07) is 0. The number of amides is 1. The summed E-state index contributed by atoms with van der Waals surface area (Å²) in [5.41, 5.74) is 1.18. The standard InChI is InChI=1S/C16H26N4OS/c1-2-20-10-7-13-14(11-20)22-16(18-13)19-15(21)4-3-12-5-8-17-9-6-12/h12,17H,2-11H2,1H3,(H,18,19,21). The molecule has 0 aliphatic carbocycles. The van der Waals surface area contributed by atoms with Gasteiger partial charge in [0.1, 0.15) is 0 Å². The Morgan fingerprint density at radius 2 is 2.27 bits per heavy atom. The zero-order valence-electron chi connectivity index (χ0n) is 13.4. The van der Waals surface area contributed by atoms with Gasteiger partial charge in [0, 0.05) is 30.8 Å². The minimum absolute atomic E-state index is 0.122. The number of rotatable bonds is 5. The van der Waals surface area contributed by atoms with E-state index in [-0.39, 0.29) is 5.91 Å². The molecule has 5 nitrogen and oxygen atoms in total. The Balaban J connectivity index is 1.48. The van der Waals surface area contributed by atoms with Gasteiger partial charge in [-0.2, -0.15) is 0 Å². The number of carbonyl (C=O) groups excluding carboxylic acids is 1. The van der Waals surface area contributed by atoms with Crippen LogP contribution in [0, 0.1) is 5.92 Å².